The van der Waals surface area contributed by atoms with E-state index in [-0.39, 0.29) is 5.54 Å². The molecule has 1 aliphatic carbocycles. The molecule has 1 unspecified atom stereocenters. The van der Waals surface area contributed by atoms with Crippen LogP contribution in [0.1, 0.15) is 36.8 Å². The summed E-state index contributed by atoms with van der Waals surface area (Å²) in [6.07, 6.45) is 9.36. The number of pyridine rings is 1. The van der Waals surface area contributed by atoms with Crippen LogP contribution in [-0.4, -0.2) is 11.5 Å². The maximum atomic E-state index is 4.31. The lowest BCUT2D eigenvalue weighted by Crippen LogP contribution is -2.39. The summed E-state index contributed by atoms with van der Waals surface area (Å²) in [5.74, 6) is 0.864. The van der Waals surface area contributed by atoms with Gasteiger partial charge in [0.05, 0.1) is 0 Å². The predicted octanol–water partition coefficient (Wildman–Crippen LogP) is 2.38. The molecule has 2 aliphatic rings. The van der Waals surface area contributed by atoms with Crippen LogP contribution < -0.4 is 5.32 Å². The van der Waals surface area contributed by atoms with E-state index in [0.717, 1.165) is 5.92 Å². The fourth-order valence-corrected chi connectivity index (χ4v) is 3.07. The number of rotatable bonds is 2. The molecule has 2 nitrogen and oxygen atoms in total. The third kappa shape index (κ3) is 1.39. The van der Waals surface area contributed by atoms with E-state index < -0.39 is 0 Å². The van der Waals surface area contributed by atoms with Crippen molar-refractivity contribution in [1.82, 2.24) is 10.3 Å². The van der Waals surface area contributed by atoms with Crippen LogP contribution in [0.3, 0.4) is 0 Å². The first-order valence-electron chi connectivity index (χ1n) is 5.99. The molecule has 1 aliphatic heterocycles. The second kappa shape index (κ2) is 3.31. The molecule has 0 aromatic carbocycles. The average Bonchev–Trinajstić information content (AvgIpc) is 3.00. The SMILES string of the molecule is Cc1ccncc1C1(C2CC2)CCCN1. The van der Waals surface area contributed by atoms with Crippen LogP contribution in [0.5, 0.6) is 0 Å². The molecule has 80 valence electrons. The molecule has 2 fully saturated rings. The highest BCUT2D eigenvalue weighted by Gasteiger charge is 2.48. The van der Waals surface area contributed by atoms with E-state index in [2.05, 4.69) is 29.5 Å². The van der Waals surface area contributed by atoms with Gasteiger partial charge in [-0.25, -0.2) is 0 Å². The quantitative estimate of drug-likeness (QED) is 0.796. The van der Waals surface area contributed by atoms with Crippen LogP contribution in [0.15, 0.2) is 18.5 Å². The van der Waals surface area contributed by atoms with Crippen LogP contribution in [0.2, 0.25) is 0 Å². The first-order chi connectivity index (χ1) is 7.33. The van der Waals surface area contributed by atoms with Crippen molar-refractivity contribution in [3.63, 3.8) is 0 Å². The predicted molar refractivity (Wildman–Crippen MR) is 60.6 cm³/mol. The lowest BCUT2D eigenvalue weighted by molar-refractivity contribution is 0.333. The molecule has 1 N–H and O–H groups in total. The molecule has 0 radical (unpaired) electrons. The van der Waals surface area contributed by atoms with Gasteiger partial charge in [0.25, 0.3) is 0 Å². The largest absolute Gasteiger partial charge is 0.307 e. The van der Waals surface area contributed by atoms with Crippen LogP contribution in [0, 0.1) is 12.8 Å². The lowest BCUT2D eigenvalue weighted by Gasteiger charge is -2.31. The lowest BCUT2D eigenvalue weighted by atomic mass is 9.82. The molecule has 2 heteroatoms. The first kappa shape index (κ1) is 9.34. The van der Waals surface area contributed by atoms with Crippen molar-refractivity contribution in [1.29, 1.82) is 0 Å². The van der Waals surface area contributed by atoms with Gasteiger partial charge in [-0.2, -0.15) is 0 Å². The van der Waals surface area contributed by atoms with Gasteiger partial charge in [-0.3, -0.25) is 4.98 Å². The molecular weight excluding hydrogens is 184 g/mol. The Labute approximate surface area is 91.1 Å². The van der Waals surface area contributed by atoms with E-state index in [0.29, 0.717) is 0 Å². The number of hydrogen-bond donors (Lipinski definition) is 1. The minimum atomic E-state index is 0.276. The molecule has 0 bridgehead atoms. The second-order valence-electron chi connectivity index (χ2n) is 4.97. The third-order valence-corrected chi connectivity index (χ3v) is 3.98. The Morgan fingerprint density at radius 2 is 2.33 bits per heavy atom. The van der Waals surface area contributed by atoms with Crippen molar-refractivity contribution in [2.45, 2.75) is 38.1 Å². The van der Waals surface area contributed by atoms with E-state index in [1.807, 2.05) is 6.20 Å². The molecule has 1 atom stereocenters. The van der Waals surface area contributed by atoms with Crippen LogP contribution in [0.25, 0.3) is 0 Å². The first-order valence-corrected chi connectivity index (χ1v) is 5.99. The molecule has 2 heterocycles. The fraction of sp³-hybridized carbons (Fsp3) is 0.615. The zero-order valence-corrected chi connectivity index (χ0v) is 9.29. The smallest absolute Gasteiger partial charge is 0.0481 e. The molecule has 1 aromatic rings. The highest BCUT2D eigenvalue weighted by atomic mass is 15.0. The van der Waals surface area contributed by atoms with E-state index in [1.165, 1.54) is 43.4 Å². The zero-order valence-electron chi connectivity index (χ0n) is 9.29. The van der Waals surface area contributed by atoms with Gasteiger partial charge in [0.2, 0.25) is 0 Å². The normalized spacial score (nSPS) is 30.7. The monoisotopic (exact) mass is 202 g/mol. The van der Waals surface area contributed by atoms with Crippen LogP contribution >= 0.6 is 0 Å². The Morgan fingerprint density at radius 1 is 1.47 bits per heavy atom. The summed E-state index contributed by atoms with van der Waals surface area (Å²) in [6.45, 7) is 3.38. The third-order valence-electron chi connectivity index (χ3n) is 3.98. The maximum Gasteiger partial charge on any atom is 0.0481 e. The summed E-state index contributed by atoms with van der Waals surface area (Å²) in [5.41, 5.74) is 3.12. The topological polar surface area (TPSA) is 24.9 Å². The van der Waals surface area contributed by atoms with Gasteiger partial charge in [0.15, 0.2) is 0 Å². The zero-order chi connectivity index (χ0) is 10.3. The molecule has 1 saturated carbocycles. The Hall–Kier alpha value is -0.890. The van der Waals surface area contributed by atoms with Gasteiger partial charge >= 0.3 is 0 Å². The van der Waals surface area contributed by atoms with Gasteiger partial charge in [0.1, 0.15) is 0 Å². The summed E-state index contributed by atoms with van der Waals surface area (Å²) in [4.78, 5) is 4.31. The van der Waals surface area contributed by atoms with Gasteiger partial charge in [-0.15, -0.1) is 0 Å². The summed E-state index contributed by atoms with van der Waals surface area (Å²) in [6, 6.07) is 2.14. The number of aromatic nitrogens is 1. The highest BCUT2D eigenvalue weighted by molar-refractivity contribution is 5.33. The van der Waals surface area contributed by atoms with Gasteiger partial charge < -0.3 is 5.32 Å². The molecule has 1 saturated heterocycles. The number of nitrogens with one attached hydrogen (secondary N) is 1. The molecule has 15 heavy (non-hydrogen) atoms. The summed E-state index contributed by atoms with van der Waals surface area (Å²) < 4.78 is 0. The highest BCUT2D eigenvalue weighted by Crippen LogP contribution is 2.50. The van der Waals surface area contributed by atoms with E-state index in [1.54, 1.807) is 0 Å². The Bertz CT molecular complexity index is 363. The second-order valence-corrected chi connectivity index (χ2v) is 4.97. The van der Waals surface area contributed by atoms with Crippen LogP contribution in [-0.2, 0) is 5.54 Å². The fourth-order valence-electron chi connectivity index (χ4n) is 3.07. The molecular formula is C13H18N2. The summed E-state index contributed by atoms with van der Waals surface area (Å²) in [7, 11) is 0. The van der Waals surface area contributed by atoms with E-state index >= 15 is 0 Å². The molecule has 1 aromatic heterocycles. The van der Waals surface area contributed by atoms with E-state index in [4.69, 9.17) is 0 Å². The summed E-state index contributed by atoms with van der Waals surface area (Å²) in [5, 5.41) is 3.75. The Kier molecular flexibility index (Phi) is 2.06. The van der Waals surface area contributed by atoms with Crippen LogP contribution in [0.4, 0.5) is 0 Å². The Morgan fingerprint density at radius 3 is 2.93 bits per heavy atom. The van der Waals surface area contributed by atoms with Crippen molar-refractivity contribution in [2.75, 3.05) is 6.54 Å². The van der Waals surface area contributed by atoms with Gasteiger partial charge in [0, 0.05) is 17.9 Å². The van der Waals surface area contributed by atoms with Crippen molar-refractivity contribution >= 4 is 0 Å². The van der Waals surface area contributed by atoms with E-state index in [9.17, 15) is 0 Å². The van der Waals surface area contributed by atoms with Gasteiger partial charge in [-0.1, -0.05) is 0 Å². The maximum absolute atomic E-state index is 4.31. The van der Waals surface area contributed by atoms with Gasteiger partial charge in [-0.05, 0) is 62.3 Å². The number of aryl methyl sites for hydroxylation is 1. The standard InChI is InChI=1S/C13H18N2/c1-10-5-8-14-9-12(10)13(11-3-4-11)6-2-7-15-13/h5,8-9,11,15H,2-4,6-7H2,1H3. The minimum absolute atomic E-state index is 0.276. The molecule has 3 rings (SSSR count). The minimum Gasteiger partial charge on any atom is -0.307 e. The number of nitrogens with zero attached hydrogens (tertiary/aromatic N) is 1. The van der Waals surface area contributed by atoms with Crippen molar-refractivity contribution in [2.24, 2.45) is 5.92 Å². The van der Waals surface area contributed by atoms with Crippen molar-refractivity contribution in [3.05, 3.63) is 29.6 Å². The summed E-state index contributed by atoms with van der Waals surface area (Å²) >= 11 is 0. The van der Waals surface area contributed by atoms with Crippen molar-refractivity contribution in [3.8, 4) is 0 Å². The number of hydrogen-bond acceptors (Lipinski definition) is 2. The Balaban J connectivity index is 2.05. The molecule has 0 amide bonds. The van der Waals surface area contributed by atoms with Crippen molar-refractivity contribution < 1.29 is 0 Å². The average molecular weight is 202 g/mol. The molecule has 0 spiro atoms.